The Morgan fingerprint density at radius 2 is 2.18 bits per heavy atom. The van der Waals surface area contributed by atoms with E-state index in [4.69, 9.17) is 5.14 Å². The van der Waals surface area contributed by atoms with Crippen LogP contribution in [0.25, 0.3) is 0 Å². The average molecular weight is 333 g/mol. The summed E-state index contributed by atoms with van der Waals surface area (Å²) in [5.74, 6) is -0.794. The molecule has 0 spiro atoms. The maximum Gasteiger partial charge on any atom is 0.274 e. The molecule has 0 radical (unpaired) electrons. The van der Waals surface area contributed by atoms with Gasteiger partial charge in [0.1, 0.15) is 11.6 Å². The number of hydrogen-bond donors (Lipinski definition) is 2. The molecule has 2 rings (SSSR count). The Hall–Kier alpha value is -1.09. The first-order valence-corrected chi connectivity index (χ1v) is 8.77. The Morgan fingerprint density at radius 3 is 2.86 bits per heavy atom. The average Bonchev–Trinajstić information content (AvgIpc) is 2.46. The Labute approximate surface area is 129 Å². The van der Waals surface area contributed by atoms with Gasteiger partial charge in [0.05, 0.1) is 0 Å². The third-order valence-corrected chi connectivity index (χ3v) is 4.65. The third kappa shape index (κ3) is 4.70. The lowest BCUT2D eigenvalue weighted by Gasteiger charge is -2.37. The Morgan fingerprint density at radius 1 is 1.45 bits per heavy atom. The number of nitrogens with zero attached hydrogens (tertiary/aromatic N) is 1. The summed E-state index contributed by atoms with van der Waals surface area (Å²) in [6.45, 7) is 3.46. The third-order valence-electron chi connectivity index (χ3n) is 4.08. The maximum absolute atomic E-state index is 13.9. The fraction of sp³-hybridized carbons (Fsp3) is 0.571. The minimum atomic E-state index is -3.70. The number of benzene rings is 1. The van der Waals surface area contributed by atoms with Crippen molar-refractivity contribution in [1.29, 1.82) is 0 Å². The van der Waals surface area contributed by atoms with Crippen LogP contribution in [0.3, 0.4) is 0 Å². The van der Waals surface area contributed by atoms with Crippen LogP contribution in [-0.2, 0) is 10.2 Å². The van der Waals surface area contributed by atoms with E-state index in [1.54, 1.807) is 0 Å². The molecular formula is C14H21F2N3O2S. The number of likely N-dealkylation sites (tertiary alicyclic amines) is 1. The number of halogens is 2. The van der Waals surface area contributed by atoms with Crippen molar-refractivity contribution in [1.82, 2.24) is 9.62 Å². The van der Waals surface area contributed by atoms with Crippen molar-refractivity contribution in [2.45, 2.75) is 25.8 Å². The van der Waals surface area contributed by atoms with E-state index in [1.165, 1.54) is 6.07 Å². The topological polar surface area (TPSA) is 75.4 Å². The molecule has 1 fully saturated rings. The Balaban J connectivity index is 2.03. The fourth-order valence-electron chi connectivity index (χ4n) is 2.88. The van der Waals surface area contributed by atoms with Gasteiger partial charge in [-0.1, -0.05) is 0 Å². The van der Waals surface area contributed by atoms with Crippen LogP contribution in [0.5, 0.6) is 0 Å². The van der Waals surface area contributed by atoms with Crippen LogP contribution < -0.4 is 9.86 Å². The predicted octanol–water partition coefficient (Wildman–Crippen LogP) is 1.53. The zero-order valence-corrected chi connectivity index (χ0v) is 13.2. The van der Waals surface area contributed by atoms with Gasteiger partial charge < -0.3 is 0 Å². The second kappa shape index (κ2) is 6.99. The summed E-state index contributed by atoms with van der Waals surface area (Å²) >= 11 is 0. The van der Waals surface area contributed by atoms with Crippen LogP contribution in [0.1, 0.15) is 31.4 Å². The van der Waals surface area contributed by atoms with Crippen molar-refractivity contribution in [2.24, 2.45) is 11.1 Å². The first-order chi connectivity index (χ1) is 10.3. The molecule has 1 heterocycles. The summed E-state index contributed by atoms with van der Waals surface area (Å²) in [5, 5.41) is 4.93. The SMILES string of the molecule is C[C@@H](c1cc(F)ccc1F)N1CCC[C@@H](CNS(N)(=O)=O)C1. The highest BCUT2D eigenvalue weighted by molar-refractivity contribution is 7.87. The quantitative estimate of drug-likeness (QED) is 0.858. The van der Waals surface area contributed by atoms with Gasteiger partial charge >= 0.3 is 0 Å². The summed E-state index contributed by atoms with van der Waals surface area (Å²) in [7, 11) is -3.70. The summed E-state index contributed by atoms with van der Waals surface area (Å²) in [4.78, 5) is 2.04. The normalized spacial score (nSPS) is 21.7. The molecule has 0 bridgehead atoms. The van der Waals surface area contributed by atoms with E-state index >= 15 is 0 Å². The molecule has 0 unspecified atom stereocenters. The van der Waals surface area contributed by atoms with Gasteiger partial charge in [0.25, 0.3) is 10.2 Å². The van der Waals surface area contributed by atoms with Gasteiger partial charge in [0, 0.05) is 24.7 Å². The second-order valence-corrected chi connectivity index (χ2v) is 7.12. The molecule has 1 aromatic rings. The molecule has 0 aromatic heterocycles. The lowest BCUT2D eigenvalue weighted by atomic mass is 9.95. The molecular weight excluding hydrogens is 312 g/mol. The molecule has 2 atom stereocenters. The van der Waals surface area contributed by atoms with Crippen molar-refractivity contribution in [3.05, 3.63) is 35.4 Å². The summed E-state index contributed by atoms with van der Waals surface area (Å²) in [5.41, 5.74) is 0.319. The van der Waals surface area contributed by atoms with Crippen LogP contribution in [0.2, 0.25) is 0 Å². The highest BCUT2D eigenvalue weighted by atomic mass is 32.2. The molecule has 124 valence electrons. The Bertz CT molecular complexity index is 625. The second-order valence-electron chi connectivity index (χ2n) is 5.74. The van der Waals surface area contributed by atoms with Crippen LogP contribution in [0, 0.1) is 17.6 Å². The number of nitrogens with two attached hydrogens (primary N) is 1. The van der Waals surface area contributed by atoms with Gasteiger partial charge in [0.15, 0.2) is 0 Å². The fourth-order valence-corrected chi connectivity index (χ4v) is 3.35. The number of rotatable bonds is 5. The van der Waals surface area contributed by atoms with E-state index in [0.717, 1.165) is 31.5 Å². The standard InChI is InChI=1S/C14H21F2N3O2S/c1-10(13-7-12(15)4-5-14(13)16)19-6-2-3-11(9-19)8-18-22(17,20)21/h4-5,7,10-11,18H,2-3,6,8-9H2,1H3,(H2,17,20,21)/t10-,11-/m0/s1. The van der Waals surface area contributed by atoms with Gasteiger partial charge in [-0.25, -0.2) is 18.6 Å². The zero-order chi connectivity index (χ0) is 16.3. The summed E-state index contributed by atoms with van der Waals surface area (Å²) < 4.78 is 51.4. The molecule has 1 aromatic carbocycles. The molecule has 1 aliphatic rings. The number of nitrogens with one attached hydrogen (secondary N) is 1. The van der Waals surface area contributed by atoms with Crippen LogP contribution >= 0.6 is 0 Å². The molecule has 0 amide bonds. The van der Waals surface area contributed by atoms with Gasteiger partial charge in [-0.15, -0.1) is 0 Å². The molecule has 5 nitrogen and oxygen atoms in total. The van der Waals surface area contributed by atoms with Gasteiger partial charge in [0.2, 0.25) is 0 Å². The smallest absolute Gasteiger partial charge is 0.274 e. The van der Waals surface area contributed by atoms with E-state index in [0.29, 0.717) is 12.1 Å². The van der Waals surface area contributed by atoms with Crippen molar-refractivity contribution in [2.75, 3.05) is 19.6 Å². The number of hydrogen-bond acceptors (Lipinski definition) is 3. The van der Waals surface area contributed by atoms with Crippen LogP contribution in [-0.4, -0.2) is 33.0 Å². The van der Waals surface area contributed by atoms with Crippen molar-refractivity contribution >= 4 is 10.2 Å². The van der Waals surface area contributed by atoms with Gasteiger partial charge in [-0.2, -0.15) is 8.42 Å². The molecule has 1 saturated heterocycles. The van der Waals surface area contributed by atoms with Gasteiger partial charge in [-0.05, 0) is 50.4 Å². The van der Waals surface area contributed by atoms with E-state index in [2.05, 4.69) is 4.72 Å². The van der Waals surface area contributed by atoms with Crippen molar-refractivity contribution in [3.63, 3.8) is 0 Å². The minimum Gasteiger partial charge on any atom is -0.296 e. The first-order valence-electron chi connectivity index (χ1n) is 7.22. The lowest BCUT2D eigenvalue weighted by molar-refractivity contribution is 0.131. The lowest BCUT2D eigenvalue weighted by Crippen LogP contribution is -2.43. The molecule has 0 aliphatic carbocycles. The van der Waals surface area contributed by atoms with Crippen molar-refractivity contribution < 1.29 is 17.2 Å². The highest BCUT2D eigenvalue weighted by Gasteiger charge is 2.26. The molecule has 1 aliphatic heterocycles. The summed E-state index contributed by atoms with van der Waals surface area (Å²) in [6, 6.07) is 3.17. The van der Waals surface area contributed by atoms with E-state index in [9.17, 15) is 17.2 Å². The Kier molecular flexibility index (Phi) is 5.49. The van der Waals surface area contributed by atoms with E-state index in [-0.39, 0.29) is 18.5 Å². The zero-order valence-electron chi connectivity index (χ0n) is 12.4. The predicted molar refractivity (Wildman–Crippen MR) is 80.2 cm³/mol. The summed E-state index contributed by atoms with van der Waals surface area (Å²) in [6.07, 6.45) is 1.75. The molecule has 3 N–H and O–H groups in total. The molecule has 22 heavy (non-hydrogen) atoms. The maximum atomic E-state index is 13.9. The molecule has 8 heteroatoms. The van der Waals surface area contributed by atoms with E-state index in [1.807, 2.05) is 11.8 Å². The minimum absolute atomic E-state index is 0.103. The first kappa shape index (κ1) is 17.3. The highest BCUT2D eigenvalue weighted by Crippen LogP contribution is 2.28. The largest absolute Gasteiger partial charge is 0.296 e. The molecule has 0 saturated carbocycles. The van der Waals surface area contributed by atoms with Crippen LogP contribution in [0.4, 0.5) is 8.78 Å². The van der Waals surface area contributed by atoms with E-state index < -0.39 is 21.8 Å². The monoisotopic (exact) mass is 333 g/mol. The van der Waals surface area contributed by atoms with Crippen LogP contribution in [0.15, 0.2) is 18.2 Å². The number of piperidine rings is 1. The van der Waals surface area contributed by atoms with Crippen molar-refractivity contribution in [3.8, 4) is 0 Å². The van der Waals surface area contributed by atoms with Gasteiger partial charge in [-0.3, -0.25) is 4.90 Å².